The standard InChI is InChI=1S/C22H31N3O4.HI/c1-26-20-10-9-19(15-21(20)27-2)16-25-22(23)24-11-6-12-28-13-14-29-17-18-7-4-3-5-8-18;/h3-5,7-10,15H,6,11-14,16-17H2,1-2H3,(H3,23,24,25);1H. The Hall–Kier alpha value is -2.04. The van der Waals surface area contributed by atoms with Crippen LogP contribution in [0, 0.1) is 0 Å². The predicted molar refractivity (Wildman–Crippen MR) is 130 cm³/mol. The molecule has 0 bridgehead atoms. The second-order valence-electron chi connectivity index (χ2n) is 6.32. The average Bonchev–Trinajstić information content (AvgIpc) is 2.77. The van der Waals surface area contributed by atoms with E-state index in [9.17, 15) is 0 Å². The van der Waals surface area contributed by atoms with Gasteiger partial charge in [0.2, 0.25) is 0 Å². The van der Waals surface area contributed by atoms with Crippen LogP contribution >= 0.6 is 24.0 Å². The van der Waals surface area contributed by atoms with Crippen LogP contribution in [-0.4, -0.2) is 46.5 Å². The molecule has 0 aliphatic rings. The molecular formula is C22H32IN3O4. The molecule has 0 atom stereocenters. The summed E-state index contributed by atoms with van der Waals surface area (Å²) >= 11 is 0. The molecule has 0 amide bonds. The van der Waals surface area contributed by atoms with Crippen molar-refractivity contribution in [3.8, 4) is 11.5 Å². The number of ether oxygens (including phenoxy) is 4. The fraction of sp³-hybridized carbons (Fsp3) is 0.409. The van der Waals surface area contributed by atoms with Crippen LogP contribution in [0.2, 0.25) is 0 Å². The third-order valence-electron chi connectivity index (χ3n) is 4.14. The van der Waals surface area contributed by atoms with Crippen LogP contribution in [0.15, 0.2) is 53.5 Å². The number of hydrogen-bond donors (Lipinski definition) is 2. The number of benzene rings is 2. The molecule has 0 heterocycles. The highest BCUT2D eigenvalue weighted by Gasteiger charge is 2.04. The Kier molecular flexibility index (Phi) is 13.7. The first-order valence-electron chi connectivity index (χ1n) is 9.67. The van der Waals surface area contributed by atoms with Gasteiger partial charge in [-0.1, -0.05) is 36.4 Å². The second-order valence-corrected chi connectivity index (χ2v) is 6.32. The summed E-state index contributed by atoms with van der Waals surface area (Å²) in [7, 11) is 3.22. The van der Waals surface area contributed by atoms with Gasteiger partial charge in [-0.25, -0.2) is 4.99 Å². The van der Waals surface area contributed by atoms with Gasteiger partial charge in [-0.15, -0.1) is 24.0 Å². The molecule has 2 aromatic rings. The normalized spacial score (nSPS) is 10.9. The first-order valence-corrected chi connectivity index (χ1v) is 9.67. The number of nitrogens with zero attached hydrogens (tertiary/aromatic N) is 1. The van der Waals surface area contributed by atoms with E-state index in [-0.39, 0.29) is 24.0 Å². The Morgan fingerprint density at radius 1 is 0.900 bits per heavy atom. The number of hydrogen-bond acceptors (Lipinski definition) is 5. The number of aliphatic imine (C=N–C) groups is 1. The summed E-state index contributed by atoms with van der Waals surface area (Å²) in [6.45, 7) is 3.58. The molecule has 30 heavy (non-hydrogen) atoms. The SMILES string of the molecule is COc1ccc(CN=C(N)NCCCOCCOCc2ccccc2)cc1OC.I. The molecule has 0 aromatic heterocycles. The van der Waals surface area contributed by atoms with Gasteiger partial charge in [0.25, 0.3) is 0 Å². The molecule has 0 fully saturated rings. The lowest BCUT2D eigenvalue weighted by molar-refractivity contribution is 0.0401. The van der Waals surface area contributed by atoms with Crippen molar-refractivity contribution in [3.05, 3.63) is 59.7 Å². The Morgan fingerprint density at radius 3 is 2.37 bits per heavy atom. The van der Waals surface area contributed by atoms with Crippen molar-refractivity contribution >= 4 is 29.9 Å². The molecule has 0 aliphatic carbocycles. The lowest BCUT2D eigenvalue weighted by Gasteiger charge is -2.09. The first kappa shape index (κ1) is 26.0. The van der Waals surface area contributed by atoms with E-state index in [1.165, 1.54) is 5.56 Å². The summed E-state index contributed by atoms with van der Waals surface area (Å²) < 4.78 is 21.6. The zero-order valence-corrected chi connectivity index (χ0v) is 20.0. The van der Waals surface area contributed by atoms with Crippen LogP contribution in [0.3, 0.4) is 0 Å². The first-order chi connectivity index (χ1) is 14.2. The third-order valence-corrected chi connectivity index (χ3v) is 4.14. The van der Waals surface area contributed by atoms with Gasteiger partial charge in [0.15, 0.2) is 17.5 Å². The van der Waals surface area contributed by atoms with Gasteiger partial charge in [-0.3, -0.25) is 0 Å². The maximum atomic E-state index is 5.91. The molecule has 0 aliphatic heterocycles. The number of nitrogens with two attached hydrogens (primary N) is 1. The molecular weight excluding hydrogens is 497 g/mol. The van der Waals surface area contributed by atoms with Gasteiger partial charge in [0.1, 0.15) is 0 Å². The summed E-state index contributed by atoms with van der Waals surface area (Å²) in [6, 6.07) is 15.8. The summed E-state index contributed by atoms with van der Waals surface area (Å²) in [5.41, 5.74) is 8.06. The number of nitrogens with one attached hydrogen (secondary N) is 1. The lowest BCUT2D eigenvalue weighted by Crippen LogP contribution is -2.32. The summed E-state index contributed by atoms with van der Waals surface area (Å²) in [5, 5.41) is 3.09. The molecule has 0 radical (unpaired) electrons. The number of guanidine groups is 1. The number of rotatable bonds is 13. The average molecular weight is 529 g/mol. The Balaban J connectivity index is 0.00000450. The van der Waals surface area contributed by atoms with E-state index in [4.69, 9.17) is 24.7 Å². The van der Waals surface area contributed by atoms with Crippen molar-refractivity contribution in [2.45, 2.75) is 19.6 Å². The molecule has 2 rings (SSSR count). The minimum absolute atomic E-state index is 0. The number of methoxy groups -OCH3 is 2. The largest absolute Gasteiger partial charge is 0.493 e. The quantitative estimate of drug-likeness (QED) is 0.179. The van der Waals surface area contributed by atoms with Crippen molar-refractivity contribution in [1.29, 1.82) is 0 Å². The van der Waals surface area contributed by atoms with Crippen molar-refractivity contribution in [1.82, 2.24) is 5.32 Å². The van der Waals surface area contributed by atoms with Gasteiger partial charge in [-0.05, 0) is 29.7 Å². The lowest BCUT2D eigenvalue weighted by atomic mass is 10.2. The Morgan fingerprint density at radius 2 is 1.63 bits per heavy atom. The maximum Gasteiger partial charge on any atom is 0.188 e. The highest BCUT2D eigenvalue weighted by Crippen LogP contribution is 2.27. The Bertz CT molecular complexity index is 744. The smallest absolute Gasteiger partial charge is 0.188 e. The van der Waals surface area contributed by atoms with E-state index in [0.717, 1.165) is 12.0 Å². The van der Waals surface area contributed by atoms with E-state index >= 15 is 0 Å². The fourth-order valence-electron chi connectivity index (χ4n) is 2.59. The van der Waals surface area contributed by atoms with Gasteiger partial charge >= 0.3 is 0 Å². The van der Waals surface area contributed by atoms with Crippen LogP contribution in [0.4, 0.5) is 0 Å². The zero-order chi connectivity index (χ0) is 20.7. The molecule has 2 aromatic carbocycles. The van der Waals surface area contributed by atoms with Crippen LogP contribution in [0.5, 0.6) is 11.5 Å². The fourth-order valence-corrected chi connectivity index (χ4v) is 2.59. The molecule has 0 unspecified atom stereocenters. The molecule has 7 nitrogen and oxygen atoms in total. The highest BCUT2D eigenvalue weighted by atomic mass is 127. The minimum atomic E-state index is 0. The number of halogens is 1. The van der Waals surface area contributed by atoms with Crippen molar-refractivity contribution in [3.63, 3.8) is 0 Å². The minimum Gasteiger partial charge on any atom is -0.493 e. The second kappa shape index (κ2) is 15.8. The van der Waals surface area contributed by atoms with Gasteiger partial charge < -0.3 is 30.0 Å². The molecule has 3 N–H and O–H groups in total. The maximum absolute atomic E-state index is 5.91. The highest BCUT2D eigenvalue weighted by molar-refractivity contribution is 14.0. The van der Waals surface area contributed by atoms with Gasteiger partial charge in [0.05, 0.1) is 40.6 Å². The molecule has 0 saturated heterocycles. The zero-order valence-electron chi connectivity index (χ0n) is 17.6. The summed E-state index contributed by atoms with van der Waals surface area (Å²) in [5.74, 6) is 1.78. The van der Waals surface area contributed by atoms with Crippen LogP contribution in [0.1, 0.15) is 17.5 Å². The van der Waals surface area contributed by atoms with Crippen LogP contribution < -0.4 is 20.5 Å². The summed E-state index contributed by atoms with van der Waals surface area (Å²) in [6.07, 6.45) is 0.839. The third kappa shape index (κ3) is 10.1. The van der Waals surface area contributed by atoms with Crippen molar-refractivity contribution in [2.24, 2.45) is 10.7 Å². The van der Waals surface area contributed by atoms with Crippen molar-refractivity contribution in [2.75, 3.05) is 40.6 Å². The summed E-state index contributed by atoms with van der Waals surface area (Å²) in [4.78, 5) is 4.34. The van der Waals surface area contributed by atoms with E-state index in [1.54, 1.807) is 14.2 Å². The van der Waals surface area contributed by atoms with E-state index in [2.05, 4.69) is 10.3 Å². The molecule has 166 valence electrons. The van der Waals surface area contributed by atoms with E-state index < -0.39 is 0 Å². The molecule has 0 spiro atoms. The van der Waals surface area contributed by atoms with Crippen LogP contribution in [-0.2, 0) is 22.6 Å². The van der Waals surface area contributed by atoms with Crippen LogP contribution in [0.25, 0.3) is 0 Å². The Labute approximate surface area is 196 Å². The van der Waals surface area contributed by atoms with Gasteiger partial charge in [-0.2, -0.15) is 0 Å². The van der Waals surface area contributed by atoms with Gasteiger partial charge in [0, 0.05) is 13.2 Å². The topological polar surface area (TPSA) is 87.3 Å². The van der Waals surface area contributed by atoms with E-state index in [0.29, 0.717) is 57.0 Å². The molecule has 0 saturated carbocycles. The van der Waals surface area contributed by atoms with E-state index in [1.807, 2.05) is 48.5 Å². The monoisotopic (exact) mass is 529 g/mol. The molecule has 8 heteroatoms. The van der Waals surface area contributed by atoms with Crippen molar-refractivity contribution < 1.29 is 18.9 Å². The predicted octanol–water partition coefficient (Wildman–Crippen LogP) is 3.35.